The van der Waals surface area contributed by atoms with Crippen LogP contribution in [-0.4, -0.2) is 24.4 Å². The average molecular weight is 332 g/mol. The summed E-state index contributed by atoms with van der Waals surface area (Å²) in [4.78, 5) is 0. The average Bonchev–Trinajstić information content (AvgIpc) is 2.59. The third-order valence-electron chi connectivity index (χ3n) is 3.31. The Kier molecular flexibility index (Phi) is 6.05. The Morgan fingerprint density at radius 2 is 1.57 bits per heavy atom. The smallest absolute Gasteiger partial charge is 0.166 e. The molecule has 122 valence electrons. The monoisotopic (exact) mass is 332 g/mol. The quantitative estimate of drug-likeness (QED) is 0.707. The molecule has 0 radical (unpaired) electrons. The molecule has 0 aliphatic rings. The van der Waals surface area contributed by atoms with Gasteiger partial charge in [-0.05, 0) is 47.6 Å². The van der Waals surface area contributed by atoms with Gasteiger partial charge in [-0.25, -0.2) is 0 Å². The minimum Gasteiger partial charge on any atom is -0.504 e. The molecule has 0 saturated heterocycles. The minimum absolute atomic E-state index is 0.122. The maximum Gasteiger partial charge on any atom is 0.166 e. The molecule has 6 heteroatoms. The summed E-state index contributed by atoms with van der Waals surface area (Å²) in [6.07, 6.45) is 0. The number of aromatic hydroxyl groups is 1. The van der Waals surface area contributed by atoms with Gasteiger partial charge < -0.3 is 25.2 Å². The van der Waals surface area contributed by atoms with E-state index < -0.39 is 0 Å². The van der Waals surface area contributed by atoms with Crippen LogP contribution in [0.2, 0.25) is 0 Å². The van der Waals surface area contributed by atoms with Crippen LogP contribution < -0.4 is 20.1 Å². The molecule has 0 spiro atoms. The maximum atomic E-state index is 9.57. The third-order valence-corrected chi connectivity index (χ3v) is 3.60. The van der Waals surface area contributed by atoms with Gasteiger partial charge in [0.15, 0.2) is 16.6 Å². The van der Waals surface area contributed by atoms with Gasteiger partial charge in [0.2, 0.25) is 0 Å². The number of hydrogen-bond acceptors (Lipinski definition) is 4. The Balaban J connectivity index is 1.80. The van der Waals surface area contributed by atoms with E-state index in [1.165, 1.54) is 7.11 Å². The highest BCUT2D eigenvalue weighted by Gasteiger charge is 2.03. The normalized spacial score (nSPS) is 10.0. The van der Waals surface area contributed by atoms with E-state index >= 15 is 0 Å². The van der Waals surface area contributed by atoms with Gasteiger partial charge >= 0.3 is 0 Å². The lowest BCUT2D eigenvalue weighted by Gasteiger charge is -2.12. The van der Waals surface area contributed by atoms with E-state index in [9.17, 15) is 5.11 Å². The summed E-state index contributed by atoms with van der Waals surface area (Å²) < 4.78 is 10.2. The zero-order valence-corrected chi connectivity index (χ0v) is 13.9. The van der Waals surface area contributed by atoms with E-state index in [4.69, 9.17) is 21.7 Å². The standard InChI is InChI=1S/C17H20N2O3S/c1-21-14-6-3-12(4-7-14)10-18-17(23)19-11-13-5-8-15(20)16(9-13)22-2/h3-9,20H,10-11H2,1-2H3,(H2,18,19,23). The van der Waals surface area contributed by atoms with E-state index in [0.717, 1.165) is 16.9 Å². The first-order valence-electron chi connectivity index (χ1n) is 7.13. The van der Waals surface area contributed by atoms with Gasteiger partial charge in [0.1, 0.15) is 5.75 Å². The maximum absolute atomic E-state index is 9.57. The first-order valence-corrected chi connectivity index (χ1v) is 7.53. The van der Waals surface area contributed by atoms with E-state index in [1.54, 1.807) is 19.2 Å². The van der Waals surface area contributed by atoms with Gasteiger partial charge in [-0.1, -0.05) is 18.2 Å². The number of nitrogens with one attached hydrogen (secondary N) is 2. The molecule has 2 aromatic rings. The van der Waals surface area contributed by atoms with Crippen LogP contribution in [0.1, 0.15) is 11.1 Å². The molecule has 0 amide bonds. The van der Waals surface area contributed by atoms with E-state index in [-0.39, 0.29) is 5.75 Å². The molecule has 0 atom stereocenters. The molecule has 3 N–H and O–H groups in total. The number of phenolic OH excluding ortho intramolecular Hbond substituents is 1. The van der Waals surface area contributed by atoms with Crippen LogP contribution in [0.15, 0.2) is 42.5 Å². The van der Waals surface area contributed by atoms with Crippen molar-refractivity contribution in [3.8, 4) is 17.2 Å². The van der Waals surface area contributed by atoms with Crippen LogP contribution in [0.3, 0.4) is 0 Å². The Morgan fingerprint density at radius 1 is 0.957 bits per heavy atom. The van der Waals surface area contributed by atoms with Crippen molar-refractivity contribution in [3.05, 3.63) is 53.6 Å². The summed E-state index contributed by atoms with van der Waals surface area (Å²) in [6, 6.07) is 13.0. The number of hydrogen-bond donors (Lipinski definition) is 3. The second-order valence-corrected chi connectivity index (χ2v) is 5.30. The highest BCUT2D eigenvalue weighted by molar-refractivity contribution is 7.80. The van der Waals surface area contributed by atoms with Crippen molar-refractivity contribution in [1.82, 2.24) is 10.6 Å². The zero-order valence-electron chi connectivity index (χ0n) is 13.1. The molecule has 0 bridgehead atoms. The highest BCUT2D eigenvalue weighted by atomic mass is 32.1. The minimum atomic E-state index is 0.122. The molecule has 2 rings (SSSR count). The number of benzene rings is 2. The molecule has 23 heavy (non-hydrogen) atoms. The van der Waals surface area contributed by atoms with Crippen LogP contribution in [0.4, 0.5) is 0 Å². The van der Waals surface area contributed by atoms with Crippen molar-refractivity contribution < 1.29 is 14.6 Å². The van der Waals surface area contributed by atoms with E-state index in [2.05, 4.69) is 10.6 Å². The van der Waals surface area contributed by atoms with Gasteiger partial charge in [-0.15, -0.1) is 0 Å². The number of ether oxygens (including phenoxy) is 2. The summed E-state index contributed by atoms with van der Waals surface area (Å²) in [7, 11) is 3.16. The number of rotatable bonds is 6. The van der Waals surface area contributed by atoms with Gasteiger partial charge in [0.25, 0.3) is 0 Å². The molecule has 0 aliphatic carbocycles. The summed E-state index contributed by atoms with van der Waals surface area (Å²) in [5.41, 5.74) is 2.08. The number of thiocarbonyl (C=S) groups is 1. The predicted molar refractivity (Wildman–Crippen MR) is 93.9 cm³/mol. The summed E-state index contributed by atoms with van der Waals surface area (Å²) in [6.45, 7) is 1.18. The van der Waals surface area contributed by atoms with Crippen molar-refractivity contribution in [2.75, 3.05) is 14.2 Å². The lowest BCUT2D eigenvalue weighted by molar-refractivity contribution is 0.373. The SMILES string of the molecule is COc1ccc(CNC(=S)NCc2ccc(O)c(OC)c2)cc1. The molecular weight excluding hydrogens is 312 g/mol. The number of methoxy groups -OCH3 is 2. The second-order valence-electron chi connectivity index (χ2n) is 4.89. The first kappa shape index (κ1) is 16.9. The van der Waals surface area contributed by atoms with Crippen LogP contribution in [0.25, 0.3) is 0 Å². The van der Waals surface area contributed by atoms with Crippen molar-refractivity contribution in [2.24, 2.45) is 0 Å². The molecule has 5 nitrogen and oxygen atoms in total. The molecule has 0 fully saturated rings. The van der Waals surface area contributed by atoms with Gasteiger partial charge in [0.05, 0.1) is 14.2 Å². The van der Waals surface area contributed by atoms with Gasteiger partial charge in [0, 0.05) is 13.1 Å². The summed E-state index contributed by atoms with van der Waals surface area (Å²) in [5.74, 6) is 1.40. The van der Waals surface area contributed by atoms with E-state index in [1.807, 2.05) is 30.3 Å². The van der Waals surface area contributed by atoms with Crippen LogP contribution >= 0.6 is 12.2 Å². The van der Waals surface area contributed by atoms with E-state index in [0.29, 0.717) is 24.0 Å². The van der Waals surface area contributed by atoms with Gasteiger partial charge in [-0.3, -0.25) is 0 Å². The predicted octanol–water partition coefficient (Wildman–Crippen LogP) is 2.57. The zero-order chi connectivity index (χ0) is 16.7. The van der Waals surface area contributed by atoms with Crippen molar-refractivity contribution in [2.45, 2.75) is 13.1 Å². The summed E-state index contributed by atoms with van der Waals surface area (Å²) in [5, 5.41) is 16.4. The Morgan fingerprint density at radius 3 is 2.17 bits per heavy atom. The number of phenols is 1. The van der Waals surface area contributed by atoms with Crippen LogP contribution in [0.5, 0.6) is 17.2 Å². The molecule has 0 aliphatic heterocycles. The fraction of sp³-hybridized carbons (Fsp3) is 0.235. The topological polar surface area (TPSA) is 62.8 Å². The van der Waals surface area contributed by atoms with Crippen LogP contribution in [-0.2, 0) is 13.1 Å². The molecule has 0 unspecified atom stereocenters. The van der Waals surface area contributed by atoms with Crippen molar-refractivity contribution in [1.29, 1.82) is 0 Å². The Hall–Kier alpha value is -2.47. The lowest BCUT2D eigenvalue weighted by Crippen LogP contribution is -2.34. The largest absolute Gasteiger partial charge is 0.504 e. The first-order chi connectivity index (χ1) is 11.1. The highest BCUT2D eigenvalue weighted by Crippen LogP contribution is 2.26. The molecule has 0 heterocycles. The molecule has 0 saturated carbocycles. The Bertz CT molecular complexity index is 659. The van der Waals surface area contributed by atoms with Crippen molar-refractivity contribution >= 4 is 17.3 Å². The summed E-state index contributed by atoms with van der Waals surface area (Å²) >= 11 is 5.26. The molecule has 2 aromatic carbocycles. The second kappa shape index (κ2) is 8.24. The third kappa shape index (κ3) is 5.03. The fourth-order valence-corrected chi connectivity index (χ4v) is 2.15. The lowest BCUT2D eigenvalue weighted by atomic mass is 10.2. The Labute approximate surface area is 141 Å². The van der Waals surface area contributed by atoms with Crippen molar-refractivity contribution in [3.63, 3.8) is 0 Å². The molecular formula is C17H20N2O3S. The van der Waals surface area contributed by atoms with Gasteiger partial charge in [-0.2, -0.15) is 0 Å². The van der Waals surface area contributed by atoms with Crippen LogP contribution in [0, 0.1) is 0 Å². The fourth-order valence-electron chi connectivity index (χ4n) is 2.00. The molecule has 0 aromatic heterocycles.